The second-order valence-corrected chi connectivity index (χ2v) is 4.04. The molecule has 0 saturated heterocycles. The van der Waals surface area contributed by atoms with Gasteiger partial charge in [-0.1, -0.05) is 26.2 Å². The maximum absolute atomic E-state index is 11.2. The van der Waals surface area contributed by atoms with Crippen LogP contribution in [0.15, 0.2) is 0 Å². The molecule has 0 heterocycles. The van der Waals surface area contributed by atoms with Gasteiger partial charge < -0.3 is 5.32 Å². The Labute approximate surface area is 85.5 Å². The number of carbonyl (C=O) groups excluding carboxylic acids is 1. The number of rotatable bonds is 3. The lowest BCUT2D eigenvalue weighted by molar-refractivity contribution is -0.121. The fraction of sp³-hybridized carbons (Fsp3) is 0.818. The molecule has 0 aromatic carbocycles. The lowest BCUT2D eigenvalue weighted by Gasteiger charge is -2.28. The molecule has 0 bridgehead atoms. The van der Waals surface area contributed by atoms with Gasteiger partial charge in [-0.25, -0.2) is 0 Å². The summed E-state index contributed by atoms with van der Waals surface area (Å²) in [7, 11) is 0. The standard InChI is InChI=1S/C11H18N2O/c1-2-9-4-3-5-10(8-9)13-11(14)6-7-12/h9-10H,2-6,8H2,1H3,(H,13,14). The van der Waals surface area contributed by atoms with Crippen LogP contribution in [0.5, 0.6) is 0 Å². The van der Waals surface area contributed by atoms with E-state index < -0.39 is 0 Å². The zero-order chi connectivity index (χ0) is 10.4. The summed E-state index contributed by atoms with van der Waals surface area (Å²) in [5, 5.41) is 11.3. The van der Waals surface area contributed by atoms with Crippen molar-refractivity contribution in [3.63, 3.8) is 0 Å². The van der Waals surface area contributed by atoms with Crippen LogP contribution in [-0.4, -0.2) is 11.9 Å². The molecule has 1 aliphatic carbocycles. The third-order valence-electron chi connectivity index (χ3n) is 2.96. The molecule has 1 rings (SSSR count). The number of nitrogens with one attached hydrogen (secondary N) is 1. The first kappa shape index (κ1) is 11.0. The Kier molecular flexibility index (Phi) is 4.45. The van der Waals surface area contributed by atoms with Gasteiger partial charge in [0.15, 0.2) is 0 Å². The molecule has 0 radical (unpaired) electrons. The van der Waals surface area contributed by atoms with Crippen molar-refractivity contribution in [1.29, 1.82) is 5.26 Å². The number of nitrogens with zero attached hydrogens (tertiary/aromatic N) is 1. The lowest BCUT2D eigenvalue weighted by atomic mass is 9.84. The molecular weight excluding hydrogens is 176 g/mol. The van der Waals surface area contributed by atoms with E-state index in [0.717, 1.165) is 18.8 Å². The number of hydrogen-bond donors (Lipinski definition) is 1. The van der Waals surface area contributed by atoms with Gasteiger partial charge in [0, 0.05) is 6.04 Å². The van der Waals surface area contributed by atoms with Gasteiger partial charge in [0.05, 0.1) is 6.07 Å². The predicted molar refractivity (Wildman–Crippen MR) is 54.4 cm³/mol. The molecule has 1 aliphatic rings. The first-order chi connectivity index (χ1) is 6.76. The van der Waals surface area contributed by atoms with Crippen LogP contribution in [-0.2, 0) is 4.79 Å². The Morgan fingerprint density at radius 1 is 1.57 bits per heavy atom. The van der Waals surface area contributed by atoms with Gasteiger partial charge in [-0.2, -0.15) is 5.26 Å². The lowest BCUT2D eigenvalue weighted by Crippen LogP contribution is -2.38. The smallest absolute Gasteiger partial charge is 0.234 e. The maximum Gasteiger partial charge on any atom is 0.234 e. The van der Waals surface area contributed by atoms with Crippen molar-refractivity contribution in [2.45, 2.75) is 51.5 Å². The summed E-state index contributed by atoms with van der Waals surface area (Å²) in [4.78, 5) is 11.2. The summed E-state index contributed by atoms with van der Waals surface area (Å²) < 4.78 is 0. The second-order valence-electron chi connectivity index (χ2n) is 4.04. The van der Waals surface area contributed by atoms with Crippen molar-refractivity contribution >= 4 is 5.91 Å². The van der Waals surface area contributed by atoms with Gasteiger partial charge in [0.2, 0.25) is 5.91 Å². The highest BCUT2D eigenvalue weighted by atomic mass is 16.1. The molecule has 1 saturated carbocycles. The van der Waals surface area contributed by atoms with Crippen LogP contribution in [0.25, 0.3) is 0 Å². The van der Waals surface area contributed by atoms with Crippen LogP contribution < -0.4 is 5.32 Å². The van der Waals surface area contributed by atoms with E-state index in [1.165, 1.54) is 19.3 Å². The molecule has 1 N–H and O–H groups in total. The van der Waals surface area contributed by atoms with E-state index in [9.17, 15) is 4.79 Å². The molecular formula is C11H18N2O. The van der Waals surface area contributed by atoms with Crippen molar-refractivity contribution < 1.29 is 4.79 Å². The Balaban J connectivity index is 2.30. The second kappa shape index (κ2) is 5.64. The van der Waals surface area contributed by atoms with Crippen LogP contribution in [0, 0.1) is 17.2 Å². The Morgan fingerprint density at radius 2 is 2.36 bits per heavy atom. The van der Waals surface area contributed by atoms with Crippen molar-refractivity contribution in [3.8, 4) is 6.07 Å². The highest BCUT2D eigenvalue weighted by Crippen LogP contribution is 2.26. The van der Waals surface area contributed by atoms with Crippen molar-refractivity contribution in [3.05, 3.63) is 0 Å². The minimum Gasteiger partial charge on any atom is -0.352 e. The van der Waals surface area contributed by atoms with Gasteiger partial charge >= 0.3 is 0 Å². The van der Waals surface area contributed by atoms with Gasteiger partial charge in [-0.3, -0.25) is 4.79 Å². The zero-order valence-corrected chi connectivity index (χ0v) is 8.75. The Bertz CT molecular complexity index is 232. The largest absolute Gasteiger partial charge is 0.352 e. The molecule has 1 fully saturated rings. The fourth-order valence-electron chi connectivity index (χ4n) is 2.14. The fourth-order valence-corrected chi connectivity index (χ4v) is 2.14. The van der Waals surface area contributed by atoms with Gasteiger partial charge in [0.1, 0.15) is 6.42 Å². The molecule has 0 aliphatic heterocycles. The van der Waals surface area contributed by atoms with Crippen molar-refractivity contribution in [1.82, 2.24) is 5.32 Å². The summed E-state index contributed by atoms with van der Waals surface area (Å²) >= 11 is 0. The van der Waals surface area contributed by atoms with E-state index in [4.69, 9.17) is 5.26 Å². The number of nitriles is 1. The third-order valence-corrected chi connectivity index (χ3v) is 2.96. The minimum absolute atomic E-state index is 0.00666. The van der Waals surface area contributed by atoms with Crippen LogP contribution in [0.3, 0.4) is 0 Å². The van der Waals surface area contributed by atoms with E-state index in [1.807, 2.05) is 6.07 Å². The Morgan fingerprint density at radius 3 is 3.00 bits per heavy atom. The summed E-state index contributed by atoms with van der Waals surface area (Å²) in [6.45, 7) is 2.20. The first-order valence-corrected chi connectivity index (χ1v) is 5.42. The highest BCUT2D eigenvalue weighted by Gasteiger charge is 2.21. The van der Waals surface area contributed by atoms with E-state index in [0.29, 0.717) is 6.04 Å². The molecule has 78 valence electrons. The average molecular weight is 194 g/mol. The molecule has 0 aromatic heterocycles. The molecule has 3 heteroatoms. The topological polar surface area (TPSA) is 52.9 Å². The molecule has 14 heavy (non-hydrogen) atoms. The SMILES string of the molecule is CCC1CCCC(NC(=O)CC#N)C1. The molecule has 2 unspecified atom stereocenters. The quantitative estimate of drug-likeness (QED) is 0.747. The van der Waals surface area contributed by atoms with E-state index >= 15 is 0 Å². The molecule has 0 aromatic rings. The van der Waals surface area contributed by atoms with Crippen LogP contribution in [0.2, 0.25) is 0 Å². The molecule has 0 spiro atoms. The number of amides is 1. The highest BCUT2D eigenvalue weighted by molar-refractivity contribution is 5.78. The van der Waals surface area contributed by atoms with Gasteiger partial charge in [-0.05, 0) is 18.8 Å². The van der Waals surface area contributed by atoms with Crippen molar-refractivity contribution in [2.24, 2.45) is 5.92 Å². The van der Waals surface area contributed by atoms with Crippen LogP contribution in [0.1, 0.15) is 45.4 Å². The summed E-state index contributed by atoms with van der Waals surface area (Å²) in [5.41, 5.74) is 0. The monoisotopic (exact) mass is 194 g/mol. The van der Waals surface area contributed by atoms with Crippen LogP contribution >= 0.6 is 0 Å². The number of carbonyl (C=O) groups is 1. The minimum atomic E-state index is -0.116. The summed E-state index contributed by atoms with van der Waals surface area (Å²) in [6.07, 6.45) is 5.86. The normalized spacial score (nSPS) is 26.6. The van der Waals surface area contributed by atoms with Crippen LogP contribution in [0.4, 0.5) is 0 Å². The van der Waals surface area contributed by atoms with Crippen molar-refractivity contribution in [2.75, 3.05) is 0 Å². The van der Waals surface area contributed by atoms with Gasteiger partial charge in [0.25, 0.3) is 0 Å². The molecule has 2 atom stereocenters. The maximum atomic E-state index is 11.2. The average Bonchev–Trinajstić information content (AvgIpc) is 2.18. The third kappa shape index (κ3) is 3.37. The Hall–Kier alpha value is -1.04. The van der Waals surface area contributed by atoms with E-state index in [2.05, 4.69) is 12.2 Å². The van der Waals surface area contributed by atoms with E-state index in [-0.39, 0.29) is 12.3 Å². The molecule has 3 nitrogen and oxygen atoms in total. The van der Waals surface area contributed by atoms with E-state index in [1.54, 1.807) is 0 Å². The van der Waals surface area contributed by atoms with Gasteiger partial charge in [-0.15, -0.1) is 0 Å². The summed E-state index contributed by atoms with van der Waals surface area (Å²) in [5.74, 6) is 0.644. The molecule has 1 amide bonds. The zero-order valence-electron chi connectivity index (χ0n) is 8.75. The number of hydrogen-bond acceptors (Lipinski definition) is 2. The summed E-state index contributed by atoms with van der Waals surface area (Å²) in [6, 6.07) is 2.18. The predicted octanol–water partition coefficient (Wildman–Crippen LogP) is 1.99. The first-order valence-electron chi connectivity index (χ1n) is 5.42.